The number of hydrogen-bond acceptors (Lipinski definition) is 2. The van der Waals surface area contributed by atoms with E-state index in [2.05, 4.69) is 6.07 Å². The molecule has 0 atom stereocenters. The molecule has 0 saturated heterocycles. The van der Waals surface area contributed by atoms with Crippen LogP contribution in [0.5, 0.6) is 5.75 Å². The van der Waals surface area contributed by atoms with Crippen LogP contribution in [0.3, 0.4) is 0 Å². The van der Waals surface area contributed by atoms with E-state index >= 15 is 0 Å². The first-order valence-electron chi connectivity index (χ1n) is 5.14. The smallest absolute Gasteiger partial charge is 0.122 e. The van der Waals surface area contributed by atoms with Crippen LogP contribution >= 0.6 is 11.6 Å². The third kappa shape index (κ3) is 4.54. The highest BCUT2D eigenvalue weighted by molar-refractivity contribution is 6.17. The molecule has 0 aliphatic rings. The summed E-state index contributed by atoms with van der Waals surface area (Å²) in [5.74, 6) is 1.63. The number of halogens is 1. The molecule has 2 nitrogen and oxygen atoms in total. The van der Waals surface area contributed by atoms with Gasteiger partial charge in [-0.05, 0) is 24.5 Å². The van der Waals surface area contributed by atoms with Gasteiger partial charge in [0, 0.05) is 13.0 Å². The Bertz CT molecular complexity index is 276. The van der Waals surface area contributed by atoms with Crippen LogP contribution in [0.15, 0.2) is 24.3 Å². The van der Waals surface area contributed by atoms with Gasteiger partial charge in [0.15, 0.2) is 0 Å². The summed E-state index contributed by atoms with van der Waals surface area (Å²) >= 11 is 5.67. The Hall–Kier alpha value is -0.730. The lowest BCUT2D eigenvalue weighted by Gasteiger charge is -2.10. The summed E-state index contributed by atoms with van der Waals surface area (Å²) < 4.78 is 10.5. The number of alkyl halides is 1. The summed E-state index contributed by atoms with van der Waals surface area (Å²) in [6.45, 7) is 1.21. The summed E-state index contributed by atoms with van der Waals surface area (Å²) in [5, 5.41) is 0. The Morgan fingerprint density at radius 2 is 2.00 bits per heavy atom. The van der Waals surface area contributed by atoms with Crippen LogP contribution < -0.4 is 4.74 Å². The summed E-state index contributed by atoms with van der Waals surface area (Å²) in [6.07, 6.45) is 1.94. The molecule has 0 N–H and O–H groups in total. The molecule has 0 aliphatic carbocycles. The second kappa shape index (κ2) is 7.55. The van der Waals surface area contributed by atoms with Crippen LogP contribution in [0.4, 0.5) is 0 Å². The highest BCUT2D eigenvalue weighted by Gasteiger charge is 2.01. The molecule has 0 radical (unpaired) electrons. The van der Waals surface area contributed by atoms with E-state index in [1.54, 1.807) is 7.11 Å². The first kappa shape index (κ1) is 12.3. The van der Waals surface area contributed by atoms with Gasteiger partial charge in [-0.2, -0.15) is 0 Å². The number of hydrogen-bond donors (Lipinski definition) is 0. The molecule has 1 aromatic carbocycles. The Labute approximate surface area is 96.2 Å². The zero-order valence-electron chi connectivity index (χ0n) is 9.04. The quantitative estimate of drug-likeness (QED) is 0.528. The largest absolute Gasteiger partial charge is 0.491 e. The van der Waals surface area contributed by atoms with Crippen molar-refractivity contribution in [1.82, 2.24) is 0 Å². The topological polar surface area (TPSA) is 18.5 Å². The van der Waals surface area contributed by atoms with Crippen LogP contribution in [-0.4, -0.2) is 26.2 Å². The minimum Gasteiger partial charge on any atom is -0.491 e. The molecule has 0 unspecified atom stereocenters. The molecule has 0 spiro atoms. The van der Waals surface area contributed by atoms with Crippen molar-refractivity contribution < 1.29 is 9.47 Å². The SMILES string of the molecule is COCCOc1ccccc1CCCCl. The number of aryl methyl sites for hydroxylation is 1. The molecule has 0 heterocycles. The van der Waals surface area contributed by atoms with Gasteiger partial charge in [-0.1, -0.05) is 18.2 Å². The Balaban J connectivity index is 2.52. The van der Waals surface area contributed by atoms with Crippen molar-refractivity contribution in [3.8, 4) is 5.75 Å². The van der Waals surface area contributed by atoms with Gasteiger partial charge in [0.1, 0.15) is 12.4 Å². The lowest BCUT2D eigenvalue weighted by Crippen LogP contribution is -2.05. The molecule has 0 fully saturated rings. The molecular formula is C12H17ClO2. The monoisotopic (exact) mass is 228 g/mol. The minimum atomic E-state index is 0.592. The average Bonchev–Trinajstić information content (AvgIpc) is 2.28. The van der Waals surface area contributed by atoms with Gasteiger partial charge in [0.2, 0.25) is 0 Å². The Kier molecular flexibility index (Phi) is 6.21. The third-order valence-electron chi connectivity index (χ3n) is 2.10. The van der Waals surface area contributed by atoms with E-state index < -0.39 is 0 Å². The fourth-order valence-corrected chi connectivity index (χ4v) is 1.48. The second-order valence-corrected chi connectivity index (χ2v) is 3.62. The molecule has 15 heavy (non-hydrogen) atoms. The van der Waals surface area contributed by atoms with E-state index in [1.165, 1.54) is 5.56 Å². The van der Waals surface area contributed by atoms with Gasteiger partial charge in [-0.15, -0.1) is 11.6 Å². The molecule has 1 aromatic rings. The van der Waals surface area contributed by atoms with Crippen LogP contribution in [0.25, 0.3) is 0 Å². The van der Waals surface area contributed by atoms with Gasteiger partial charge in [-0.25, -0.2) is 0 Å². The van der Waals surface area contributed by atoms with Gasteiger partial charge in [-0.3, -0.25) is 0 Å². The minimum absolute atomic E-state index is 0.592. The molecule has 84 valence electrons. The predicted octanol–water partition coefficient (Wildman–Crippen LogP) is 2.88. The summed E-state index contributed by atoms with van der Waals surface area (Å²) in [7, 11) is 1.67. The fourth-order valence-electron chi connectivity index (χ4n) is 1.34. The number of rotatable bonds is 7. The Morgan fingerprint density at radius 1 is 1.20 bits per heavy atom. The van der Waals surface area contributed by atoms with Gasteiger partial charge in [0.25, 0.3) is 0 Å². The first-order valence-corrected chi connectivity index (χ1v) is 5.67. The summed E-state index contributed by atoms with van der Waals surface area (Å²) in [4.78, 5) is 0. The van der Waals surface area contributed by atoms with Gasteiger partial charge < -0.3 is 9.47 Å². The molecule has 1 rings (SSSR count). The maximum absolute atomic E-state index is 5.67. The van der Waals surface area contributed by atoms with Crippen molar-refractivity contribution in [3.05, 3.63) is 29.8 Å². The summed E-state index contributed by atoms with van der Waals surface area (Å²) in [6, 6.07) is 8.06. The number of benzene rings is 1. The normalized spacial score (nSPS) is 10.3. The van der Waals surface area contributed by atoms with Crippen LogP contribution in [0.1, 0.15) is 12.0 Å². The van der Waals surface area contributed by atoms with Crippen LogP contribution in [0, 0.1) is 0 Å². The van der Waals surface area contributed by atoms with E-state index in [0.717, 1.165) is 18.6 Å². The number of methoxy groups -OCH3 is 1. The lowest BCUT2D eigenvalue weighted by molar-refractivity contribution is 0.146. The Morgan fingerprint density at radius 3 is 2.73 bits per heavy atom. The van der Waals surface area contributed by atoms with Crippen molar-refractivity contribution in [2.75, 3.05) is 26.2 Å². The zero-order chi connectivity index (χ0) is 10.9. The lowest BCUT2D eigenvalue weighted by atomic mass is 10.1. The molecule has 0 amide bonds. The zero-order valence-corrected chi connectivity index (χ0v) is 9.80. The number of para-hydroxylation sites is 1. The van der Waals surface area contributed by atoms with Crippen molar-refractivity contribution in [3.63, 3.8) is 0 Å². The molecule has 0 bridgehead atoms. The second-order valence-electron chi connectivity index (χ2n) is 3.24. The van der Waals surface area contributed by atoms with E-state index in [-0.39, 0.29) is 0 Å². The van der Waals surface area contributed by atoms with Crippen LogP contribution in [-0.2, 0) is 11.2 Å². The van der Waals surface area contributed by atoms with Crippen molar-refractivity contribution in [1.29, 1.82) is 0 Å². The van der Waals surface area contributed by atoms with E-state index in [9.17, 15) is 0 Å². The number of ether oxygens (including phenoxy) is 2. The van der Waals surface area contributed by atoms with Crippen molar-refractivity contribution >= 4 is 11.6 Å². The molecule has 0 aliphatic heterocycles. The van der Waals surface area contributed by atoms with E-state index in [1.807, 2.05) is 18.2 Å². The maximum atomic E-state index is 5.67. The maximum Gasteiger partial charge on any atom is 0.122 e. The molecule has 3 heteroatoms. The van der Waals surface area contributed by atoms with Crippen molar-refractivity contribution in [2.24, 2.45) is 0 Å². The molecular weight excluding hydrogens is 212 g/mol. The highest BCUT2D eigenvalue weighted by Crippen LogP contribution is 2.19. The summed E-state index contributed by atoms with van der Waals surface area (Å²) in [5.41, 5.74) is 1.22. The first-order chi connectivity index (χ1) is 7.38. The van der Waals surface area contributed by atoms with Crippen LogP contribution in [0.2, 0.25) is 0 Å². The fraction of sp³-hybridized carbons (Fsp3) is 0.500. The highest BCUT2D eigenvalue weighted by atomic mass is 35.5. The standard InChI is InChI=1S/C12H17ClO2/c1-14-9-10-15-12-7-3-2-5-11(12)6-4-8-13/h2-3,5,7H,4,6,8-10H2,1H3. The van der Waals surface area contributed by atoms with Gasteiger partial charge in [0.05, 0.1) is 6.61 Å². The average molecular weight is 229 g/mol. The van der Waals surface area contributed by atoms with Gasteiger partial charge >= 0.3 is 0 Å². The molecule has 0 aromatic heterocycles. The third-order valence-corrected chi connectivity index (χ3v) is 2.36. The van der Waals surface area contributed by atoms with E-state index in [0.29, 0.717) is 19.1 Å². The predicted molar refractivity (Wildman–Crippen MR) is 62.9 cm³/mol. The molecule has 0 saturated carbocycles. The van der Waals surface area contributed by atoms with E-state index in [4.69, 9.17) is 21.1 Å². The van der Waals surface area contributed by atoms with Crippen molar-refractivity contribution in [2.45, 2.75) is 12.8 Å².